The molecule has 1 aliphatic heterocycles. The van der Waals surface area contributed by atoms with E-state index >= 15 is 0 Å². The van der Waals surface area contributed by atoms with Gasteiger partial charge in [-0.2, -0.15) is 0 Å². The van der Waals surface area contributed by atoms with Crippen molar-refractivity contribution in [2.75, 3.05) is 12.3 Å². The fourth-order valence-electron chi connectivity index (χ4n) is 2.46. The lowest BCUT2D eigenvalue weighted by molar-refractivity contribution is 0.186. The molecule has 0 bridgehead atoms. The van der Waals surface area contributed by atoms with Gasteiger partial charge in [-0.25, -0.2) is 4.31 Å². The van der Waals surface area contributed by atoms with Gasteiger partial charge in [0.15, 0.2) is 0 Å². The van der Waals surface area contributed by atoms with Crippen molar-refractivity contribution in [3.05, 3.63) is 29.8 Å². The molecule has 1 saturated heterocycles. The molecule has 1 unspecified atom stereocenters. The van der Waals surface area contributed by atoms with E-state index in [4.69, 9.17) is 5.73 Å². The molecule has 0 amide bonds. The molecule has 0 saturated carbocycles. The molecule has 0 aromatic heterocycles. The first-order chi connectivity index (χ1) is 8.47. The lowest BCUT2D eigenvalue weighted by atomic mass is 9.93. The Hall–Kier alpha value is -0.453. The van der Waals surface area contributed by atoms with E-state index in [0.717, 1.165) is 18.0 Å². The van der Waals surface area contributed by atoms with Crippen molar-refractivity contribution in [3.8, 4) is 0 Å². The van der Waals surface area contributed by atoms with Crippen LogP contribution in [0.5, 0.6) is 0 Å². The number of hydrogen-bond donors (Lipinski definition) is 1. The molecule has 97 valence electrons. The minimum absolute atomic E-state index is 0.260. The van der Waals surface area contributed by atoms with Gasteiger partial charge in [0.05, 0.1) is 0 Å². The third kappa shape index (κ3) is 3.53. The molecule has 0 spiro atoms. The summed E-state index contributed by atoms with van der Waals surface area (Å²) in [7, 11) is 3.80. The Bertz CT molecular complexity index is 409. The van der Waals surface area contributed by atoms with E-state index in [1.807, 2.05) is 24.1 Å². The van der Waals surface area contributed by atoms with E-state index in [2.05, 4.69) is 40.5 Å². The van der Waals surface area contributed by atoms with Crippen molar-refractivity contribution >= 4 is 27.9 Å². The van der Waals surface area contributed by atoms with Crippen molar-refractivity contribution in [3.63, 3.8) is 0 Å². The second-order valence-electron chi connectivity index (χ2n) is 5.62. The molecular weight excluding hydrogens is 256 g/mol. The molecule has 2 nitrogen and oxygen atoms in total. The molecule has 1 aromatic carbocycles. The van der Waals surface area contributed by atoms with Gasteiger partial charge in [-0.05, 0) is 49.9 Å². The van der Waals surface area contributed by atoms with Gasteiger partial charge in [0, 0.05) is 33.8 Å². The monoisotopic (exact) mass is 277 g/mol. The second-order valence-corrected chi connectivity index (χ2v) is 7.43. The number of benzene rings is 1. The molecule has 4 heteroatoms. The highest BCUT2D eigenvalue weighted by Crippen LogP contribution is 2.38. The van der Waals surface area contributed by atoms with Crippen molar-refractivity contribution in [2.24, 2.45) is 0 Å². The Labute approximate surface area is 118 Å². The summed E-state index contributed by atoms with van der Waals surface area (Å²) in [4.78, 5) is 0. The van der Waals surface area contributed by atoms with Crippen molar-refractivity contribution in [2.45, 2.75) is 43.5 Å². The molecule has 18 heavy (non-hydrogen) atoms. The van der Waals surface area contributed by atoms with Crippen LogP contribution in [0.4, 0.5) is 5.69 Å². The first-order valence-electron chi connectivity index (χ1n) is 6.43. The third-order valence-corrected chi connectivity index (χ3v) is 5.38. The largest absolute Gasteiger partial charge is 0.399 e. The number of anilines is 1. The van der Waals surface area contributed by atoms with E-state index in [1.54, 1.807) is 0 Å². The highest BCUT2D eigenvalue weighted by molar-refractivity contribution is 7.96. The summed E-state index contributed by atoms with van der Waals surface area (Å²) in [6.07, 6.45) is 2.43. The topological polar surface area (TPSA) is 29.3 Å². The van der Waals surface area contributed by atoms with Crippen LogP contribution in [0.25, 0.3) is 0 Å². The quantitative estimate of drug-likeness (QED) is 0.522. The molecule has 0 aliphatic carbocycles. The Morgan fingerprint density at radius 2 is 2.28 bits per heavy atom. The van der Waals surface area contributed by atoms with Crippen LogP contribution in [-0.2, 0) is 5.75 Å². The zero-order valence-corrected chi connectivity index (χ0v) is 13.0. The number of rotatable bonds is 3. The molecule has 1 fully saturated rings. The maximum Gasteiger partial charge on any atom is 0.0333 e. The number of nitrogens with two attached hydrogens (primary N) is 1. The number of piperidine rings is 1. The highest BCUT2D eigenvalue weighted by atomic mass is 32.2. The van der Waals surface area contributed by atoms with Crippen LogP contribution < -0.4 is 5.73 Å². The zero-order chi connectivity index (χ0) is 13.2. The van der Waals surface area contributed by atoms with Gasteiger partial charge in [-0.3, -0.25) is 0 Å². The second kappa shape index (κ2) is 5.68. The number of nitrogens with zero attached hydrogens (tertiary/aromatic N) is 1. The first-order valence-corrected chi connectivity index (χ1v) is 7.95. The minimum atomic E-state index is 0.260. The summed E-state index contributed by atoms with van der Waals surface area (Å²) < 4.78 is 2.52. The van der Waals surface area contributed by atoms with E-state index in [-0.39, 0.29) is 5.54 Å². The Morgan fingerprint density at radius 3 is 2.94 bits per heavy atom. The van der Waals surface area contributed by atoms with Gasteiger partial charge in [0.2, 0.25) is 0 Å². The number of nitrogen functional groups attached to an aromatic ring is 1. The van der Waals surface area contributed by atoms with Gasteiger partial charge in [-0.1, -0.05) is 24.1 Å². The molecule has 2 N–H and O–H groups in total. The van der Waals surface area contributed by atoms with E-state index in [1.165, 1.54) is 18.4 Å². The molecule has 2 rings (SSSR count). The van der Waals surface area contributed by atoms with Gasteiger partial charge >= 0.3 is 0 Å². The van der Waals surface area contributed by atoms with Crippen LogP contribution in [0, 0.1) is 0 Å². The summed E-state index contributed by atoms with van der Waals surface area (Å²) in [5.74, 6) is 1.00. The third-order valence-electron chi connectivity index (χ3n) is 3.44. The minimum Gasteiger partial charge on any atom is -0.399 e. The predicted octanol–water partition coefficient (Wildman–Crippen LogP) is 3.25. The SMILES string of the molecule is CC1(C)CC([Si])CCN1SCc1cccc(N)c1. The smallest absolute Gasteiger partial charge is 0.0333 e. The maximum absolute atomic E-state index is 5.81. The van der Waals surface area contributed by atoms with Crippen molar-refractivity contribution in [1.82, 2.24) is 4.31 Å². The van der Waals surface area contributed by atoms with E-state index in [9.17, 15) is 0 Å². The van der Waals surface area contributed by atoms with E-state index < -0.39 is 0 Å². The lowest BCUT2D eigenvalue weighted by Crippen LogP contribution is -2.44. The molecule has 3 radical (unpaired) electrons. The fraction of sp³-hybridized carbons (Fsp3) is 0.571. The van der Waals surface area contributed by atoms with Crippen LogP contribution in [0.3, 0.4) is 0 Å². The zero-order valence-electron chi connectivity index (χ0n) is 11.1. The van der Waals surface area contributed by atoms with E-state index in [0.29, 0.717) is 5.54 Å². The summed E-state index contributed by atoms with van der Waals surface area (Å²) in [6, 6.07) is 8.18. The van der Waals surface area contributed by atoms with Gasteiger partial charge < -0.3 is 5.73 Å². The molecule has 1 aromatic rings. The van der Waals surface area contributed by atoms with Crippen LogP contribution in [0.2, 0.25) is 5.54 Å². The summed E-state index contributed by atoms with van der Waals surface area (Å²) in [5, 5.41) is 0. The summed E-state index contributed by atoms with van der Waals surface area (Å²) >= 11 is 1.92. The Balaban J connectivity index is 1.94. The molecular formula is C14H21N2SSi. The van der Waals surface area contributed by atoms with Crippen molar-refractivity contribution < 1.29 is 0 Å². The van der Waals surface area contributed by atoms with Gasteiger partial charge in [-0.15, -0.1) is 0 Å². The highest BCUT2D eigenvalue weighted by Gasteiger charge is 2.33. The van der Waals surface area contributed by atoms with Crippen LogP contribution >= 0.6 is 11.9 Å². The van der Waals surface area contributed by atoms with Crippen LogP contribution in [0.1, 0.15) is 32.3 Å². The Morgan fingerprint density at radius 1 is 1.50 bits per heavy atom. The van der Waals surface area contributed by atoms with Gasteiger partial charge in [0.25, 0.3) is 0 Å². The molecule has 1 heterocycles. The first kappa shape index (κ1) is 14.0. The summed E-state index contributed by atoms with van der Waals surface area (Å²) in [6.45, 7) is 5.80. The average Bonchev–Trinajstić information content (AvgIpc) is 2.26. The average molecular weight is 277 g/mol. The summed E-state index contributed by atoms with van der Waals surface area (Å²) in [5.41, 5.74) is 8.88. The Kier molecular flexibility index (Phi) is 4.40. The van der Waals surface area contributed by atoms with Crippen LogP contribution in [-0.4, -0.2) is 26.6 Å². The number of hydrogen-bond acceptors (Lipinski definition) is 3. The van der Waals surface area contributed by atoms with Gasteiger partial charge in [0.1, 0.15) is 0 Å². The standard InChI is InChI=1S/C14H21N2SSi/c1-14(2)9-13(18)6-7-16(14)17-10-11-4-3-5-12(15)8-11/h3-5,8,13H,6-7,9-10,15H2,1-2H3. The van der Waals surface area contributed by atoms with Crippen LogP contribution in [0.15, 0.2) is 24.3 Å². The molecule has 1 atom stereocenters. The maximum atomic E-state index is 5.81. The predicted molar refractivity (Wildman–Crippen MR) is 81.7 cm³/mol. The fourth-order valence-corrected chi connectivity index (χ4v) is 4.23. The lowest BCUT2D eigenvalue weighted by Gasteiger charge is -2.44. The van der Waals surface area contributed by atoms with Crippen molar-refractivity contribution in [1.29, 1.82) is 0 Å². The molecule has 1 aliphatic rings. The normalized spacial score (nSPS) is 24.1.